The molecule has 0 aliphatic carbocycles. The Kier molecular flexibility index (Phi) is 7.55. The number of aromatic nitrogens is 2. The molecular formula is C23H20FN5O3S2. The van der Waals surface area contributed by atoms with Gasteiger partial charge in [0, 0.05) is 12.7 Å². The van der Waals surface area contributed by atoms with Gasteiger partial charge in [-0.05, 0) is 42.5 Å². The molecule has 0 fully saturated rings. The van der Waals surface area contributed by atoms with Crippen molar-refractivity contribution >= 4 is 51.4 Å². The van der Waals surface area contributed by atoms with E-state index in [0.29, 0.717) is 32.2 Å². The number of thioether (sulfide) groups is 1. The molecule has 8 nitrogen and oxygen atoms in total. The highest BCUT2D eigenvalue weighted by Gasteiger charge is 2.19. The molecule has 0 saturated heterocycles. The van der Waals surface area contributed by atoms with Crippen LogP contribution in [0.2, 0.25) is 0 Å². The van der Waals surface area contributed by atoms with E-state index in [2.05, 4.69) is 20.8 Å². The van der Waals surface area contributed by atoms with E-state index in [-0.39, 0.29) is 29.9 Å². The van der Waals surface area contributed by atoms with E-state index in [1.54, 1.807) is 55.6 Å². The van der Waals surface area contributed by atoms with Crippen LogP contribution >= 0.6 is 23.1 Å². The number of amides is 2. The second kappa shape index (κ2) is 10.9. The highest BCUT2D eigenvalue weighted by Crippen LogP contribution is 2.29. The Bertz CT molecular complexity index is 1280. The van der Waals surface area contributed by atoms with Gasteiger partial charge in [0.2, 0.25) is 11.0 Å². The molecule has 0 aliphatic heterocycles. The molecule has 0 atom stereocenters. The summed E-state index contributed by atoms with van der Waals surface area (Å²) in [5.41, 5.74) is 1.44. The van der Waals surface area contributed by atoms with Crippen molar-refractivity contribution in [2.24, 2.45) is 0 Å². The number of halogens is 1. The van der Waals surface area contributed by atoms with Crippen molar-refractivity contribution in [3.05, 3.63) is 84.1 Å². The SMILES string of the molecule is CN(C(=O)CSc1nnc(Nc2cccc(F)c2)s1)c1ccccc1C(=O)NCc1ccco1. The minimum Gasteiger partial charge on any atom is -0.467 e. The van der Waals surface area contributed by atoms with Crippen LogP contribution in [-0.4, -0.2) is 34.8 Å². The fourth-order valence-electron chi connectivity index (χ4n) is 3.00. The summed E-state index contributed by atoms with van der Waals surface area (Å²) in [6.45, 7) is 0.247. The Balaban J connectivity index is 1.35. The number of hydrogen-bond donors (Lipinski definition) is 2. The number of carbonyl (C=O) groups excluding carboxylic acids is 2. The fraction of sp³-hybridized carbons (Fsp3) is 0.130. The van der Waals surface area contributed by atoms with Gasteiger partial charge in [0.15, 0.2) is 4.34 Å². The maximum atomic E-state index is 13.3. The Morgan fingerprint density at radius 1 is 1.12 bits per heavy atom. The van der Waals surface area contributed by atoms with Crippen LogP contribution in [0.4, 0.5) is 20.9 Å². The van der Waals surface area contributed by atoms with Gasteiger partial charge in [-0.3, -0.25) is 9.59 Å². The van der Waals surface area contributed by atoms with Crippen molar-refractivity contribution in [3.63, 3.8) is 0 Å². The van der Waals surface area contributed by atoms with Gasteiger partial charge in [0.1, 0.15) is 11.6 Å². The fourth-order valence-corrected chi connectivity index (χ4v) is 4.68. The minimum absolute atomic E-state index is 0.105. The maximum Gasteiger partial charge on any atom is 0.253 e. The molecule has 0 radical (unpaired) electrons. The quantitative estimate of drug-likeness (QED) is 0.323. The Hall–Kier alpha value is -3.70. The zero-order valence-electron chi connectivity index (χ0n) is 18.0. The molecule has 2 aromatic carbocycles. The molecule has 2 aromatic heterocycles. The summed E-state index contributed by atoms with van der Waals surface area (Å²) in [7, 11) is 1.62. The van der Waals surface area contributed by atoms with Crippen molar-refractivity contribution in [1.29, 1.82) is 0 Å². The molecule has 4 rings (SSSR count). The molecule has 34 heavy (non-hydrogen) atoms. The first kappa shape index (κ1) is 23.5. The molecule has 2 N–H and O–H groups in total. The first-order valence-corrected chi connectivity index (χ1v) is 11.9. The average molecular weight is 498 g/mol. The van der Waals surface area contributed by atoms with Gasteiger partial charge in [-0.25, -0.2) is 4.39 Å². The van der Waals surface area contributed by atoms with Crippen LogP contribution in [0.3, 0.4) is 0 Å². The van der Waals surface area contributed by atoms with E-state index in [4.69, 9.17) is 4.42 Å². The lowest BCUT2D eigenvalue weighted by Crippen LogP contribution is -2.31. The highest BCUT2D eigenvalue weighted by atomic mass is 32.2. The number of para-hydroxylation sites is 1. The number of carbonyl (C=O) groups is 2. The third-order valence-corrected chi connectivity index (χ3v) is 6.65. The van der Waals surface area contributed by atoms with Crippen LogP contribution in [0.5, 0.6) is 0 Å². The molecule has 0 aliphatic rings. The van der Waals surface area contributed by atoms with Crippen LogP contribution in [0.15, 0.2) is 75.7 Å². The zero-order valence-corrected chi connectivity index (χ0v) is 19.7. The zero-order chi connectivity index (χ0) is 23.9. The van der Waals surface area contributed by atoms with E-state index in [9.17, 15) is 14.0 Å². The van der Waals surface area contributed by atoms with Crippen molar-refractivity contribution in [3.8, 4) is 0 Å². The molecule has 0 unspecified atom stereocenters. The van der Waals surface area contributed by atoms with Crippen molar-refractivity contribution in [1.82, 2.24) is 15.5 Å². The normalized spacial score (nSPS) is 10.6. The molecule has 2 heterocycles. The maximum absolute atomic E-state index is 13.3. The second-order valence-corrected chi connectivity index (χ2v) is 9.23. The molecule has 174 valence electrons. The summed E-state index contributed by atoms with van der Waals surface area (Å²) in [4.78, 5) is 27.0. The van der Waals surface area contributed by atoms with Crippen LogP contribution in [-0.2, 0) is 11.3 Å². The van der Waals surface area contributed by atoms with Gasteiger partial charge >= 0.3 is 0 Å². The van der Waals surface area contributed by atoms with E-state index >= 15 is 0 Å². The van der Waals surface area contributed by atoms with Gasteiger partial charge in [0.25, 0.3) is 5.91 Å². The van der Waals surface area contributed by atoms with E-state index in [1.165, 1.54) is 46.4 Å². The second-order valence-electron chi connectivity index (χ2n) is 7.03. The number of furan rings is 1. The summed E-state index contributed by atoms with van der Waals surface area (Å²) in [5, 5.41) is 14.4. The highest BCUT2D eigenvalue weighted by molar-refractivity contribution is 8.01. The van der Waals surface area contributed by atoms with Gasteiger partial charge in [0.05, 0.1) is 29.8 Å². The topological polar surface area (TPSA) is 100 Å². The number of benzene rings is 2. The largest absolute Gasteiger partial charge is 0.467 e. The van der Waals surface area contributed by atoms with Gasteiger partial charge in [-0.2, -0.15) is 0 Å². The number of rotatable bonds is 9. The summed E-state index contributed by atoms with van der Waals surface area (Å²) < 4.78 is 19.2. The Labute approximate surface area is 203 Å². The molecule has 0 spiro atoms. The van der Waals surface area contributed by atoms with Crippen LogP contribution in [0.1, 0.15) is 16.1 Å². The standard InChI is InChI=1S/C23H20FN5O3S2/c1-29(19-10-3-2-9-18(19)21(31)25-13-17-8-5-11-32-17)20(30)14-33-23-28-27-22(34-23)26-16-7-4-6-15(24)12-16/h2-12H,13-14H2,1H3,(H,25,31)(H,26,27). The van der Waals surface area contributed by atoms with Crippen molar-refractivity contribution in [2.75, 3.05) is 23.0 Å². The predicted octanol–water partition coefficient (Wildman–Crippen LogP) is 4.70. The summed E-state index contributed by atoms with van der Waals surface area (Å²) in [6.07, 6.45) is 1.54. The summed E-state index contributed by atoms with van der Waals surface area (Å²) in [6, 6.07) is 16.4. The molecule has 4 aromatic rings. The predicted molar refractivity (Wildman–Crippen MR) is 130 cm³/mol. The van der Waals surface area contributed by atoms with Crippen molar-refractivity contribution in [2.45, 2.75) is 10.9 Å². The first-order chi connectivity index (χ1) is 16.5. The Morgan fingerprint density at radius 2 is 1.97 bits per heavy atom. The van der Waals surface area contributed by atoms with Crippen LogP contribution < -0.4 is 15.5 Å². The van der Waals surface area contributed by atoms with Gasteiger partial charge in [-0.15, -0.1) is 10.2 Å². The number of nitrogens with zero attached hydrogens (tertiary/aromatic N) is 3. The lowest BCUT2D eigenvalue weighted by Gasteiger charge is -2.20. The first-order valence-electron chi connectivity index (χ1n) is 10.1. The third kappa shape index (κ3) is 6.00. The number of nitrogens with one attached hydrogen (secondary N) is 2. The average Bonchev–Trinajstić information content (AvgIpc) is 3.53. The van der Waals surface area contributed by atoms with Crippen LogP contribution in [0.25, 0.3) is 0 Å². The number of anilines is 3. The lowest BCUT2D eigenvalue weighted by molar-refractivity contribution is -0.115. The van der Waals surface area contributed by atoms with E-state index in [0.717, 1.165) is 0 Å². The van der Waals surface area contributed by atoms with Gasteiger partial charge in [-0.1, -0.05) is 41.3 Å². The molecular weight excluding hydrogens is 477 g/mol. The monoisotopic (exact) mass is 497 g/mol. The summed E-state index contributed by atoms with van der Waals surface area (Å²) in [5.74, 6) is -0.127. The third-order valence-electron chi connectivity index (χ3n) is 4.69. The molecule has 0 saturated carbocycles. The number of hydrogen-bond acceptors (Lipinski definition) is 8. The smallest absolute Gasteiger partial charge is 0.253 e. The molecule has 11 heteroatoms. The minimum atomic E-state index is -0.354. The van der Waals surface area contributed by atoms with Gasteiger partial charge < -0.3 is 20.0 Å². The summed E-state index contributed by atoms with van der Waals surface area (Å²) >= 11 is 2.50. The molecule has 2 amide bonds. The van der Waals surface area contributed by atoms with Crippen molar-refractivity contribution < 1.29 is 18.4 Å². The van der Waals surface area contributed by atoms with Crippen LogP contribution in [0, 0.1) is 5.82 Å². The Morgan fingerprint density at radius 3 is 2.76 bits per heavy atom. The van der Waals surface area contributed by atoms with E-state index < -0.39 is 0 Å². The lowest BCUT2D eigenvalue weighted by atomic mass is 10.1. The molecule has 0 bridgehead atoms. The van der Waals surface area contributed by atoms with E-state index in [1.807, 2.05) is 0 Å².